The molecule has 5 nitrogen and oxygen atoms in total. The summed E-state index contributed by atoms with van der Waals surface area (Å²) in [6.45, 7) is 3.45. The quantitative estimate of drug-likeness (QED) is 0.756. The molecule has 2 aliphatic heterocycles. The van der Waals surface area contributed by atoms with Crippen molar-refractivity contribution in [2.75, 3.05) is 47.5 Å². The zero-order valence-electron chi connectivity index (χ0n) is 16.3. The molecule has 29 heavy (non-hydrogen) atoms. The monoisotopic (exact) mass is 427 g/mol. The van der Waals surface area contributed by atoms with Crippen molar-refractivity contribution in [2.24, 2.45) is 0 Å². The molecule has 1 saturated heterocycles. The molecule has 2 aromatic carbocycles. The molecule has 0 atom stereocenters. The van der Waals surface area contributed by atoms with Gasteiger partial charge in [0.2, 0.25) is 5.91 Å². The standard InChI is InChI=1S/C22H25N3O2S2/c26-21-8-12-29-20-6-3-17(15-19(20)24-21)22(27)23-18-4-1-16(2-5-18)7-9-25-10-13-28-14-11-25/h1-6,15H,7-14H2,(H,23,27)(H,24,26). The zero-order valence-corrected chi connectivity index (χ0v) is 17.9. The first-order valence-electron chi connectivity index (χ1n) is 9.94. The maximum absolute atomic E-state index is 12.6. The molecule has 2 aliphatic rings. The van der Waals surface area contributed by atoms with Gasteiger partial charge in [0.15, 0.2) is 0 Å². The van der Waals surface area contributed by atoms with E-state index in [0.29, 0.717) is 12.0 Å². The molecule has 0 aromatic heterocycles. The van der Waals surface area contributed by atoms with Gasteiger partial charge in [0.25, 0.3) is 5.91 Å². The van der Waals surface area contributed by atoms with Crippen LogP contribution in [-0.4, -0.2) is 53.6 Å². The normalized spacial score (nSPS) is 17.2. The zero-order chi connectivity index (χ0) is 20.1. The van der Waals surface area contributed by atoms with Gasteiger partial charge in [-0.25, -0.2) is 0 Å². The number of amides is 2. The summed E-state index contributed by atoms with van der Waals surface area (Å²) in [7, 11) is 0. The summed E-state index contributed by atoms with van der Waals surface area (Å²) in [6, 6.07) is 13.6. The Morgan fingerprint density at radius 2 is 1.86 bits per heavy atom. The lowest BCUT2D eigenvalue weighted by molar-refractivity contribution is -0.115. The van der Waals surface area contributed by atoms with Gasteiger partial charge in [0, 0.05) is 59.5 Å². The molecule has 1 fully saturated rings. The van der Waals surface area contributed by atoms with E-state index in [1.54, 1.807) is 17.8 Å². The number of thioether (sulfide) groups is 2. The summed E-state index contributed by atoms with van der Waals surface area (Å²) < 4.78 is 0. The van der Waals surface area contributed by atoms with Crippen molar-refractivity contribution in [1.82, 2.24) is 4.90 Å². The van der Waals surface area contributed by atoms with Gasteiger partial charge in [-0.15, -0.1) is 11.8 Å². The first kappa shape index (κ1) is 20.3. The minimum absolute atomic E-state index is 0.00676. The van der Waals surface area contributed by atoms with Gasteiger partial charge in [-0.05, 0) is 42.3 Å². The Bertz CT molecular complexity index is 880. The molecule has 0 spiro atoms. The fourth-order valence-corrected chi connectivity index (χ4v) is 5.35. The Balaban J connectivity index is 1.35. The topological polar surface area (TPSA) is 61.4 Å². The van der Waals surface area contributed by atoms with Crippen LogP contribution in [0.3, 0.4) is 0 Å². The van der Waals surface area contributed by atoms with E-state index in [1.165, 1.54) is 30.2 Å². The van der Waals surface area contributed by atoms with Gasteiger partial charge in [0.05, 0.1) is 5.69 Å². The third-order valence-corrected chi connectivity index (χ3v) is 7.15. The molecule has 0 bridgehead atoms. The van der Waals surface area contributed by atoms with Crippen molar-refractivity contribution >= 4 is 46.7 Å². The van der Waals surface area contributed by atoms with E-state index >= 15 is 0 Å². The smallest absolute Gasteiger partial charge is 0.255 e. The molecule has 2 amide bonds. The summed E-state index contributed by atoms with van der Waals surface area (Å²) in [4.78, 5) is 27.9. The molecule has 4 rings (SSSR count). The van der Waals surface area contributed by atoms with E-state index in [2.05, 4.69) is 27.7 Å². The lowest BCUT2D eigenvalue weighted by atomic mass is 10.1. The number of nitrogens with zero attached hydrogens (tertiary/aromatic N) is 1. The number of nitrogens with one attached hydrogen (secondary N) is 2. The predicted molar refractivity (Wildman–Crippen MR) is 122 cm³/mol. The van der Waals surface area contributed by atoms with Crippen LogP contribution >= 0.6 is 23.5 Å². The Morgan fingerprint density at radius 3 is 2.66 bits per heavy atom. The van der Waals surface area contributed by atoms with Crippen LogP contribution in [0, 0.1) is 0 Å². The maximum Gasteiger partial charge on any atom is 0.255 e. The van der Waals surface area contributed by atoms with Gasteiger partial charge >= 0.3 is 0 Å². The fraction of sp³-hybridized carbons (Fsp3) is 0.364. The Hall–Kier alpha value is -1.96. The van der Waals surface area contributed by atoms with Crippen LogP contribution in [0.25, 0.3) is 0 Å². The molecule has 152 valence electrons. The highest BCUT2D eigenvalue weighted by Crippen LogP contribution is 2.31. The number of carbonyl (C=O) groups is 2. The van der Waals surface area contributed by atoms with Crippen molar-refractivity contribution in [3.63, 3.8) is 0 Å². The Morgan fingerprint density at radius 1 is 1.07 bits per heavy atom. The number of hydrogen-bond acceptors (Lipinski definition) is 5. The number of fused-ring (bicyclic) bond motifs is 1. The Kier molecular flexibility index (Phi) is 6.79. The summed E-state index contributed by atoms with van der Waals surface area (Å²) in [5, 5.41) is 5.84. The molecule has 7 heteroatoms. The second kappa shape index (κ2) is 9.69. The highest BCUT2D eigenvalue weighted by molar-refractivity contribution is 7.99. The van der Waals surface area contributed by atoms with E-state index < -0.39 is 0 Å². The van der Waals surface area contributed by atoms with Crippen molar-refractivity contribution in [1.29, 1.82) is 0 Å². The van der Waals surface area contributed by atoms with Crippen LogP contribution < -0.4 is 10.6 Å². The van der Waals surface area contributed by atoms with E-state index in [1.807, 2.05) is 36.0 Å². The molecular formula is C22H25N3O2S2. The summed E-state index contributed by atoms with van der Waals surface area (Å²) in [6.07, 6.45) is 1.52. The molecule has 2 N–H and O–H groups in total. The van der Waals surface area contributed by atoms with Gasteiger partial charge in [0.1, 0.15) is 0 Å². The lowest BCUT2D eigenvalue weighted by Gasteiger charge is -2.26. The molecule has 0 saturated carbocycles. The van der Waals surface area contributed by atoms with Gasteiger partial charge in [-0.3, -0.25) is 9.59 Å². The van der Waals surface area contributed by atoms with Gasteiger partial charge in [-0.1, -0.05) is 12.1 Å². The van der Waals surface area contributed by atoms with Crippen LogP contribution in [-0.2, 0) is 11.2 Å². The number of rotatable bonds is 5. The van der Waals surface area contributed by atoms with Crippen LogP contribution in [0.4, 0.5) is 11.4 Å². The second-order valence-corrected chi connectivity index (χ2v) is 9.57. The van der Waals surface area contributed by atoms with E-state index in [0.717, 1.165) is 35.0 Å². The summed E-state index contributed by atoms with van der Waals surface area (Å²) in [5.74, 6) is 3.04. The predicted octanol–water partition coefficient (Wildman–Crippen LogP) is 3.96. The van der Waals surface area contributed by atoms with E-state index in [-0.39, 0.29) is 11.8 Å². The summed E-state index contributed by atoms with van der Waals surface area (Å²) >= 11 is 3.67. The van der Waals surface area contributed by atoms with Crippen LogP contribution in [0.15, 0.2) is 47.4 Å². The lowest BCUT2D eigenvalue weighted by Crippen LogP contribution is -2.34. The molecule has 2 aromatic rings. The van der Waals surface area contributed by atoms with Crippen LogP contribution in [0.2, 0.25) is 0 Å². The number of hydrogen-bond donors (Lipinski definition) is 2. The first-order chi connectivity index (χ1) is 14.2. The fourth-order valence-electron chi connectivity index (χ4n) is 3.43. The summed E-state index contributed by atoms with van der Waals surface area (Å²) in [5.41, 5.74) is 3.32. The molecule has 0 aliphatic carbocycles. The second-order valence-electron chi connectivity index (χ2n) is 7.21. The number of carbonyl (C=O) groups excluding carboxylic acids is 2. The van der Waals surface area contributed by atoms with Crippen molar-refractivity contribution in [3.8, 4) is 0 Å². The molecule has 0 radical (unpaired) electrons. The third kappa shape index (κ3) is 5.56. The van der Waals surface area contributed by atoms with E-state index in [9.17, 15) is 9.59 Å². The number of benzene rings is 2. The van der Waals surface area contributed by atoms with E-state index in [4.69, 9.17) is 0 Å². The first-order valence-corrected chi connectivity index (χ1v) is 12.1. The highest BCUT2D eigenvalue weighted by atomic mass is 32.2. The molecule has 2 heterocycles. The average molecular weight is 428 g/mol. The Labute approximate surface area is 180 Å². The molecular weight excluding hydrogens is 402 g/mol. The maximum atomic E-state index is 12.6. The van der Waals surface area contributed by atoms with Crippen molar-refractivity contribution < 1.29 is 9.59 Å². The van der Waals surface area contributed by atoms with Crippen LogP contribution in [0.5, 0.6) is 0 Å². The SMILES string of the molecule is O=C1CCSc2ccc(C(=O)Nc3ccc(CCN4CCSCC4)cc3)cc2N1. The average Bonchev–Trinajstić information content (AvgIpc) is 2.93. The minimum atomic E-state index is -0.171. The van der Waals surface area contributed by atoms with Crippen LogP contribution in [0.1, 0.15) is 22.3 Å². The number of anilines is 2. The van der Waals surface area contributed by atoms with Crippen molar-refractivity contribution in [3.05, 3.63) is 53.6 Å². The van der Waals surface area contributed by atoms with Crippen molar-refractivity contribution in [2.45, 2.75) is 17.7 Å². The highest BCUT2D eigenvalue weighted by Gasteiger charge is 2.16. The third-order valence-electron chi connectivity index (χ3n) is 5.13. The largest absolute Gasteiger partial charge is 0.325 e. The molecule has 0 unspecified atom stereocenters. The minimum Gasteiger partial charge on any atom is -0.325 e. The van der Waals surface area contributed by atoms with Gasteiger partial charge < -0.3 is 15.5 Å². The van der Waals surface area contributed by atoms with Gasteiger partial charge in [-0.2, -0.15) is 11.8 Å².